The summed E-state index contributed by atoms with van der Waals surface area (Å²) in [5.41, 5.74) is 25.5. The van der Waals surface area contributed by atoms with E-state index in [1.54, 1.807) is 0 Å². The molecule has 0 radical (unpaired) electrons. The van der Waals surface area contributed by atoms with E-state index < -0.39 is 0 Å². The van der Waals surface area contributed by atoms with E-state index in [0.29, 0.717) is 0 Å². The molecule has 0 saturated carbocycles. The number of benzene rings is 7. The number of hydrogen-bond acceptors (Lipinski definition) is 3. The van der Waals surface area contributed by atoms with Crippen LogP contribution >= 0.6 is 0 Å². The summed E-state index contributed by atoms with van der Waals surface area (Å²) in [4.78, 5) is 2.58. The van der Waals surface area contributed by atoms with Crippen LogP contribution in [0.4, 0.5) is 28.4 Å². The van der Waals surface area contributed by atoms with Crippen LogP contribution in [0.15, 0.2) is 126 Å². The first-order valence-corrected chi connectivity index (χ1v) is 27.5. The van der Waals surface area contributed by atoms with Crippen molar-refractivity contribution in [2.75, 3.05) is 10.2 Å². The first-order valence-electron chi connectivity index (χ1n) is 27.5. The molecule has 3 nitrogen and oxygen atoms in total. The standard InChI is InChI=1S/C70H78N2O/c1-42-34-54-58(69(12,13)33-30-65(54,4)5)41-60(42)72(45-25-26-47-46-20-16-18-22-51(46)70(14,15)53(47)38-45)61-36-43(35-50-48-21-17-19-23-62(48)73-63(50)61)49-39-56-57(68(10,11)32-31-67(56,8)9)40-59(49)71-44-24-27-52-55(37-44)66(6,7)29-28-64(52,2)3/h16-27,34-41,71H,28-33H2,1-15H3. The second-order valence-electron chi connectivity index (χ2n) is 27.5. The molecule has 0 spiro atoms. The third-order valence-corrected chi connectivity index (χ3v) is 19.4. The van der Waals surface area contributed by atoms with Crippen molar-refractivity contribution < 1.29 is 4.42 Å². The highest BCUT2D eigenvalue weighted by molar-refractivity contribution is 6.13. The van der Waals surface area contributed by atoms with Crippen LogP contribution in [0, 0.1) is 6.92 Å². The Bertz CT molecular complexity index is 3600. The topological polar surface area (TPSA) is 28.4 Å². The molecular weight excluding hydrogens is 885 g/mol. The quantitative estimate of drug-likeness (QED) is 0.180. The van der Waals surface area contributed by atoms with Gasteiger partial charge in [-0.15, -0.1) is 0 Å². The summed E-state index contributed by atoms with van der Waals surface area (Å²) < 4.78 is 7.22. The summed E-state index contributed by atoms with van der Waals surface area (Å²) in [6.07, 6.45) is 6.98. The highest BCUT2D eigenvalue weighted by atomic mass is 16.3. The molecule has 1 N–H and O–H groups in total. The molecule has 1 heterocycles. The zero-order valence-electron chi connectivity index (χ0n) is 46.6. The smallest absolute Gasteiger partial charge is 0.159 e. The lowest BCUT2D eigenvalue weighted by Crippen LogP contribution is -2.34. The zero-order valence-corrected chi connectivity index (χ0v) is 46.6. The van der Waals surface area contributed by atoms with Gasteiger partial charge >= 0.3 is 0 Å². The van der Waals surface area contributed by atoms with Gasteiger partial charge in [0.25, 0.3) is 0 Å². The van der Waals surface area contributed by atoms with Crippen LogP contribution in [-0.4, -0.2) is 0 Å². The average molecular weight is 963 g/mol. The predicted octanol–water partition coefficient (Wildman–Crippen LogP) is 20.1. The summed E-state index contributed by atoms with van der Waals surface area (Å²) in [5.74, 6) is 0. The number of rotatable bonds is 6. The molecule has 374 valence electrons. The number of fused-ring (bicyclic) bond motifs is 9. The van der Waals surface area contributed by atoms with Gasteiger partial charge in [-0.2, -0.15) is 0 Å². The van der Waals surface area contributed by atoms with Gasteiger partial charge in [-0.25, -0.2) is 0 Å². The minimum absolute atomic E-state index is 0.0104. The summed E-state index contributed by atoms with van der Waals surface area (Å²) >= 11 is 0. The molecule has 0 aliphatic heterocycles. The Morgan fingerprint density at radius 2 is 0.959 bits per heavy atom. The van der Waals surface area contributed by atoms with Crippen molar-refractivity contribution in [1.29, 1.82) is 0 Å². The molecule has 4 aliphatic carbocycles. The zero-order chi connectivity index (χ0) is 51.6. The molecule has 12 rings (SSSR count). The lowest BCUT2D eigenvalue weighted by atomic mass is 9.62. The van der Waals surface area contributed by atoms with E-state index >= 15 is 0 Å². The van der Waals surface area contributed by atoms with Gasteiger partial charge < -0.3 is 14.6 Å². The fourth-order valence-corrected chi connectivity index (χ4v) is 14.1. The third-order valence-electron chi connectivity index (χ3n) is 19.4. The Hall–Kier alpha value is -6.06. The maximum absolute atomic E-state index is 7.22. The van der Waals surface area contributed by atoms with Crippen molar-refractivity contribution in [3.8, 4) is 22.3 Å². The first kappa shape index (κ1) is 47.9. The van der Waals surface area contributed by atoms with Gasteiger partial charge in [-0.3, -0.25) is 0 Å². The van der Waals surface area contributed by atoms with Crippen molar-refractivity contribution in [2.24, 2.45) is 0 Å². The molecular formula is C70H78N2O. The Morgan fingerprint density at radius 1 is 0.411 bits per heavy atom. The van der Waals surface area contributed by atoms with Gasteiger partial charge in [0.1, 0.15) is 5.58 Å². The lowest BCUT2D eigenvalue weighted by Gasteiger charge is -2.43. The van der Waals surface area contributed by atoms with E-state index in [0.717, 1.165) is 64.0 Å². The SMILES string of the molecule is Cc1cc2c(cc1N(c1ccc3c(c1)C(C)(C)c1ccccc1-3)c1cc(-c3cc4c(cc3Nc3ccc5c(c3)C(C)(C)CCC5(C)C)C(C)(C)CCC4(C)C)cc3c1oc1ccccc13)C(C)(C)CCC2(C)C. The number of nitrogens with one attached hydrogen (secondary N) is 1. The van der Waals surface area contributed by atoms with Gasteiger partial charge in [-0.1, -0.05) is 158 Å². The number of para-hydroxylation sites is 1. The molecule has 73 heavy (non-hydrogen) atoms. The van der Waals surface area contributed by atoms with Crippen LogP contribution in [0.2, 0.25) is 0 Å². The van der Waals surface area contributed by atoms with Crippen LogP contribution in [0.25, 0.3) is 44.2 Å². The molecule has 8 aromatic rings. The highest BCUT2D eigenvalue weighted by Crippen LogP contribution is 2.56. The molecule has 0 amide bonds. The number of nitrogens with zero attached hydrogens (tertiary/aromatic N) is 1. The van der Waals surface area contributed by atoms with E-state index in [9.17, 15) is 0 Å². The normalized spacial score (nSPS) is 19.9. The van der Waals surface area contributed by atoms with Crippen molar-refractivity contribution in [2.45, 2.75) is 180 Å². The van der Waals surface area contributed by atoms with Gasteiger partial charge in [0.15, 0.2) is 5.58 Å². The largest absolute Gasteiger partial charge is 0.454 e. The summed E-state index contributed by atoms with van der Waals surface area (Å²) in [6, 6.07) is 47.3. The van der Waals surface area contributed by atoms with Crippen molar-refractivity contribution in [3.05, 3.63) is 171 Å². The van der Waals surface area contributed by atoms with Crippen LogP contribution in [0.3, 0.4) is 0 Å². The highest BCUT2D eigenvalue weighted by Gasteiger charge is 2.42. The molecule has 1 aromatic heterocycles. The minimum atomic E-state index is -0.174. The van der Waals surface area contributed by atoms with Crippen LogP contribution in [0.5, 0.6) is 0 Å². The molecule has 0 atom stereocenters. The van der Waals surface area contributed by atoms with Gasteiger partial charge in [0.2, 0.25) is 0 Å². The fourth-order valence-electron chi connectivity index (χ4n) is 14.1. The van der Waals surface area contributed by atoms with E-state index in [-0.39, 0.29) is 37.9 Å². The number of anilines is 5. The molecule has 0 fully saturated rings. The minimum Gasteiger partial charge on any atom is -0.454 e. The van der Waals surface area contributed by atoms with Crippen molar-refractivity contribution in [1.82, 2.24) is 0 Å². The molecule has 0 saturated heterocycles. The van der Waals surface area contributed by atoms with Crippen LogP contribution in [-0.2, 0) is 37.9 Å². The molecule has 4 aliphatic rings. The predicted molar refractivity (Wildman–Crippen MR) is 312 cm³/mol. The second kappa shape index (κ2) is 15.7. The van der Waals surface area contributed by atoms with Gasteiger partial charge in [0, 0.05) is 44.5 Å². The second-order valence-corrected chi connectivity index (χ2v) is 27.5. The summed E-state index contributed by atoms with van der Waals surface area (Å²) in [7, 11) is 0. The summed E-state index contributed by atoms with van der Waals surface area (Å²) in [5, 5.41) is 6.42. The Morgan fingerprint density at radius 3 is 1.63 bits per heavy atom. The van der Waals surface area contributed by atoms with Crippen LogP contribution < -0.4 is 10.2 Å². The lowest BCUT2D eigenvalue weighted by molar-refractivity contribution is 0.332. The van der Waals surface area contributed by atoms with E-state index in [2.05, 4.69) is 235 Å². The Labute approximate surface area is 436 Å². The van der Waals surface area contributed by atoms with E-state index in [4.69, 9.17) is 4.42 Å². The average Bonchev–Trinajstić information content (AvgIpc) is 3.83. The Kier molecular flexibility index (Phi) is 10.3. The third kappa shape index (κ3) is 7.39. The molecule has 7 aromatic carbocycles. The van der Waals surface area contributed by atoms with E-state index in [1.165, 1.54) is 97.3 Å². The fraction of sp³-hybridized carbons (Fsp3) is 0.400. The summed E-state index contributed by atoms with van der Waals surface area (Å²) in [6.45, 7) is 36.5. The van der Waals surface area contributed by atoms with Gasteiger partial charge in [-0.05, 0) is 205 Å². The molecule has 0 unspecified atom stereocenters. The van der Waals surface area contributed by atoms with Crippen LogP contribution in [0.1, 0.15) is 186 Å². The first-order chi connectivity index (χ1) is 34.3. The van der Waals surface area contributed by atoms with Gasteiger partial charge in [0.05, 0.1) is 5.69 Å². The number of furan rings is 1. The monoisotopic (exact) mass is 963 g/mol. The number of aryl methyl sites for hydroxylation is 1. The molecule has 0 bridgehead atoms. The Balaban J connectivity index is 1.15. The molecule has 3 heteroatoms. The van der Waals surface area contributed by atoms with Crippen molar-refractivity contribution >= 4 is 50.4 Å². The number of hydrogen-bond donors (Lipinski definition) is 1. The maximum atomic E-state index is 7.22. The maximum Gasteiger partial charge on any atom is 0.159 e. The van der Waals surface area contributed by atoms with Crippen molar-refractivity contribution in [3.63, 3.8) is 0 Å². The van der Waals surface area contributed by atoms with E-state index in [1.807, 2.05) is 0 Å².